The lowest BCUT2D eigenvalue weighted by Crippen LogP contribution is -2.37. The van der Waals surface area contributed by atoms with E-state index in [0.29, 0.717) is 5.56 Å². The van der Waals surface area contributed by atoms with Gasteiger partial charge >= 0.3 is 0 Å². The van der Waals surface area contributed by atoms with Crippen LogP contribution in [0.15, 0.2) is 23.1 Å². The van der Waals surface area contributed by atoms with Crippen LogP contribution >= 0.6 is 0 Å². The molecule has 0 unspecified atom stereocenters. The first-order chi connectivity index (χ1) is 12.9. The van der Waals surface area contributed by atoms with E-state index < -0.39 is 10.0 Å². The summed E-state index contributed by atoms with van der Waals surface area (Å²) in [6, 6.07) is 4.88. The van der Waals surface area contributed by atoms with Crippen LogP contribution in [0.25, 0.3) is 0 Å². The van der Waals surface area contributed by atoms with E-state index in [9.17, 15) is 13.2 Å². The molecule has 6 nitrogen and oxygen atoms in total. The normalized spacial score (nSPS) is 19.2. The average Bonchev–Trinajstić information content (AvgIpc) is 3.43. The molecule has 0 heterocycles. The number of carbonyl (C=O) groups is 1. The summed E-state index contributed by atoms with van der Waals surface area (Å²) >= 11 is 0. The molecule has 0 radical (unpaired) electrons. The number of benzene rings is 1. The van der Waals surface area contributed by atoms with Crippen molar-refractivity contribution >= 4 is 15.9 Å². The van der Waals surface area contributed by atoms with Gasteiger partial charge in [-0.3, -0.25) is 4.79 Å². The van der Waals surface area contributed by atoms with Crippen LogP contribution < -0.4 is 9.46 Å². The summed E-state index contributed by atoms with van der Waals surface area (Å²) in [4.78, 5) is 14.9. The summed E-state index contributed by atoms with van der Waals surface area (Å²) in [6.45, 7) is 0. The van der Waals surface area contributed by atoms with Crippen molar-refractivity contribution in [3.05, 3.63) is 23.8 Å². The number of amides is 1. The first-order valence-corrected chi connectivity index (χ1v) is 11.4. The molecule has 1 N–H and O–H groups in total. The zero-order valence-electron chi connectivity index (χ0n) is 16.2. The summed E-state index contributed by atoms with van der Waals surface area (Å²) in [7, 11) is -0.436. The number of hydrogen-bond donors (Lipinski definition) is 1. The van der Waals surface area contributed by atoms with E-state index in [4.69, 9.17) is 4.74 Å². The third-order valence-electron chi connectivity index (χ3n) is 5.54. The van der Waals surface area contributed by atoms with Crippen molar-refractivity contribution in [3.63, 3.8) is 0 Å². The van der Waals surface area contributed by atoms with E-state index in [-0.39, 0.29) is 28.6 Å². The molecule has 0 aliphatic heterocycles. The molecule has 150 valence electrons. The predicted molar refractivity (Wildman–Crippen MR) is 105 cm³/mol. The van der Waals surface area contributed by atoms with Crippen LogP contribution in [0.1, 0.15) is 68.1 Å². The van der Waals surface area contributed by atoms with Crippen molar-refractivity contribution in [2.75, 3.05) is 14.2 Å². The summed E-state index contributed by atoms with van der Waals surface area (Å²) in [5, 5.41) is 0. The number of hydrogen-bond acceptors (Lipinski definition) is 4. The van der Waals surface area contributed by atoms with Crippen molar-refractivity contribution in [2.24, 2.45) is 0 Å². The first kappa shape index (κ1) is 20.1. The van der Waals surface area contributed by atoms with Crippen molar-refractivity contribution < 1.29 is 17.9 Å². The number of ether oxygens (including phenoxy) is 1. The number of rotatable bonds is 6. The lowest BCUT2D eigenvalue weighted by Gasteiger charge is -2.30. The van der Waals surface area contributed by atoms with Crippen LogP contribution in [0.4, 0.5) is 0 Å². The fraction of sp³-hybridized carbons (Fsp3) is 0.650. The van der Waals surface area contributed by atoms with Gasteiger partial charge in [0.05, 0.1) is 7.11 Å². The van der Waals surface area contributed by atoms with Gasteiger partial charge in [0.1, 0.15) is 10.6 Å². The van der Waals surface area contributed by atoms with Gasteiger partial charge in [-0.15, -0.1) is 0 Å². The van der Waals surface area contributed by atoms with Gasteiger partial charge in [0.25, 0.3) is 5.91 Å². The highest BCUT2D eigenvalue weighted by Gasteiger charge is 2.31. The highest BCUT2D eigenvalue weighted by molar-refractivity contribution is 7.89. The molecular weight excluding hydrogens is 364 g/mol. The minimum atomic E-state index is -3.70. The van der Waals surface area contributed by atoms with Crippen LogP contribution in [-0.4, -0.2) is 45.5 Å². The summed E-state index contributed by atoms with van der Waals surface area (Å²) in [5.41, 5.74) is 0.386. The Hall–Kier alpha value is -1.60. The Balaban J connectivity index is 1.82. The summed E-state index contributed by atoms with van der Waals surface area (Å²) < 4.78 is 33.2. The van der Waals surface area contributed by atoms with E-state index in [1.165, 1.54) is 32.4 Å². The van der Waals surface area contributed by atoms with Gasteiger partial charge in [0.2, 0.25) is 10.0 Å². The Morgan fingerprint density at radius 3 is 2.30 bits per heavy atom. The molecule has 2 aliphatic rings. The maximum atomic E-state index is 13.0. The van der Waals surface area contributed by atoms with E-state index in [2.05, 4.69) is 4.72 Å². The standard InChI is InChI=1S/C20H30N2O4S/c1-22(17-8-6-4-3-5-7-9-17)20(23)15-10-13-18(26-2)19(14-15)27(24,25)21-16-11-12-16/h10,13-14,16-17,21H,3-9,11-12H2,1-2H3. The monoisotopic (exact) mass is 394 g/mol. The second-order valence-corrected chi connectivity index (χ2v) is 9.36. The number of carbonyl (C=O) groups excluding carboxylic acids is 1. The summed E-state index contributed by atoms with van der Waals surface area (Å²) in [5.74, 6) is 0.124. The van der Waals surface area contributed by atoms with Gasteiger partial charge in [0.15, 0.2) is 0 Å². The molecule has 0 atom stereocenters. The topological polar surface area (TPSA) is 75.7 Å². The number of nitrogens with zero attached hydrogens (tertiary/aromatic N) is 1. The van der Waals surface area contributed by atoms with Crippen molar-refractivity contribution in [2.45, 2.75) is 74.8 Å². The highest BCUT2D eigenvalue weighted by Crippen LogP contribution is 2.29. The Morgan fingerprint density at radius 1 is 1.07 bits per heavy atom. The van der Waals surface area contributed by atoms with Crippen molar-refractivity contribution in [1.29, 1.82) is 0 Å². The molecule has 1 aromatic rings. The molecule has 0 spiro atoms. The van der Waals surface area contributed by atoms with Crippen molar-refractivity contribution in [1.82, 2.24) is 9.62 Å². The maximum absolute atomic E-state index is 13.0. The molecule has 2 saturated carbocycles. The van der Waals surface area contributed by atoms with Crippen LogP contribution in [0.5, 0.6) is 5.75 Å². The fourth-order valence-electron chi connectivity index (χ4n) is 3.70. The molecule has 0 bridgehead atoms. The van der Waals surface area contributed by atoms with Gasteiger partial charge in [-0.2, -0.15) is 0 Å². The van der Waals surface area contributed by atoms with Crippen molar-refractivity contribution in [3.8, 4) is 5.75 Å². The van der Waals surface area contributed by atoms with Crippen LogP contribution in [0.2, 0.25) is 0 Å². The van der Waals surface area contributed by atoms with Crippen LogP contribution in [0, 0.1) is 0 Å². The fourth-order valence-corrected chi connectivity index (χ4v) is 5.20. The van der Waals surface area contributed by atoms with E-state index >= 15 is 0 Å². The van der Waals surface area contributed by atoms with Gasteiger partial charge in [-0.1, -0.05) is 32.1 Å². The lowest BCUT2D eigenvalue weighted by molar-refractivity contribution is 0.0706. The Bertz CT molecular complexity index is 766. The van der Waals surface area contributed by atoms with E-state index in [1.807, 2.05) is 7.05 Å². The molecule has 27 heavy (non-hydrogen) atoms. The van der Waals surface area contributed by atoms with Gasteiger partial charge in [0, 0.05) is 24.7 Å². The molecular formula is C20H30N2O4S. The molecule has 0 aromatic heterocycles. The zero-order chi connectivity index (χ0) is 19.4. The lowest BCUT2D eigenvalue weighted by atomic mass is 9.95. The van der Waals surface area contributed by atoms with Crippen LogP contribution in [0.3, 0.4) is 0 Å². The van der Waals surface area contributed by atoms with Gasteiger partial charge < -0.3 is 9.64 Å². The molecule has 0 saturated heterocycles. The smallest absolute Gasteiger partial charge is 0.253 e. The third kappa shape index (κ3) is 5.02. The molecule has 1 amide bonds. The molecule has 3 rings (SSSR count). The Morgan fingerprint density at radius 2 is 1.70 bits per heavy atom. The van der Waals surface area contributed by atoms with E-state index in [1.54, 1.807) is 17.0 Å². The van der Waals surface area contributed by atoms with Gasteiger partial charge in [-0.05, 0) is 43.9 Å². The molecule has 2 fully saturated rings. The average molecular weight is 395 g/mol. The largest absolute Gasteiger partial charge is 0.495 e. The number of methoxy groups -OCH3 is 1. The Labute approximate surface area is 162 Å². The number of sulfonamides is 1. The quantitative estimate of drug-likeness (QED) is 0.803. The van der Waals surface area contributed by atoms with Gasteiger partial charge in [-0.25, -0.2) is 13.1 Å². The Kier molecular flexibility index (Phi) is 6.42. The molecule has 2 aliphatic carbocycles. The zero-order valence-corrected chi connectivity index (χ0v) is 17.1. The van der Waals surface area contributed by atoms with E-state index in [0.717, 1.165) is 38.5 Å². The second-order valence-electron chi connectivity index (χ2n) is 7.68. The first-order valence-electron chi connectivity index (χ1n) is 9.90. The third-order valence-corrected chi connectivity index (χ3v) is 7.08. The summed E-state index contributed by atoms with van der Waals surface area (Å²) in [6.07, 6.45) is 9.70. The van der Waals surface area contributed by atoms with Crippen LogP contribution in [-0.2, 0) is 10.0 Å². The highest BCUT2D eigenvalue weighted by atomic mass is 32.2. The number of nitrogens with one attached hydrogen (secondary N) is 1. The minimum Gasteiger partial charge on any atom is -0.495 e. The molecule has 7 heteroatoms. The second kappa shape index (κ2) is 8.61. The maximum Gasteiger partial charge on any atom is 0.253 e. The minimum absolute atomic E-state index is 0.00309. The predicted octanol–water partition coefficient (Wildman–Crippen LogP) is 3.32. The SMILES string of the molecule is COc1ccc(C(=O)N(C)C2CCCCCCC2)cc1S(=O)(=O)NC1CC1. The molecule has 1 aromatic carbocycles.